The number of hydrogen-bond donors (Lipinski definition) is 1. The molecule has 0 atom stereocenters. The van der Waals surface area contributed by atoms with Crippen molar-refractivity contribution in [1.29, 1.82) is 0 Å². The number of nitrogens with zero attached hydrogens (tertiary/aromatic N) is 2. The number of hydrogen-bond acceptors (Lipinski definition) is 4. The second kappa shape index (κ2) is 6.29. The Balaban J connectivity index is 2.24. The van der Waals surface area contributed by atoms with Crippen molar-refractivity contribution in [3.63, 3.8) is 0 Å². The summed E-state index contributed by atoms with van der Waals surface area (Å²) in [6.07, 6.45) is 3.69. The number of methoxy groups -OCH3 is 1. The van der Waals surface area contributed by atoms with Crippen LogP contribution in [0.3, 0.4) is 0 Å². The molecular weight excluding hydrogens is 258 g/mol. The van der Waals surface area contributed by atoms with Crippen LogP contribution in [0.15, 0.2) is 29.3 Å². The number of pyridine rings is 1. The van der Waals surface area contributed by atoms with Gasteiger partial charge in [-0.2, -0.15) is 0 Å². The van der Waals surface area contributed by atoms with Crippen molar-refractivity contribution in [2.24, 2.45) is 0 Å². The van der Waals surface area contributed by atoms with Crippen LogP contribution in [0.5, 0.6) is 0 Å². The number of carbonyl (C=O) groups is 1. The van der Waals surface area contributed by atoms with Crippen LogP contribution in [0.2, 0.25) is 0 Å². The second-order valence-electron chi connectivity index (χ2n) is 4.51. The molecule has 2 heterocycles. The van der Waals surface area contributed by atoms with Crippen molar-refractivity contribution in [2.75, 3.05) is 20.3 Å². The molecule has 20 heavy (non-hydrogen) atoms. The molecule has 0 saturated heterocycles. The van der Waals surface area contributed by atoms with E-state index >= 15 is 0 Å². The Morgan fingerprint density at radius 2 is 2.25 bits per heavy atom. The van der Waals surface area contributed by atoms with Gasteiger partial charge in [-0.15, -0.1) is 0 Å². The van der Waals surface area contributed by atoms with E-state index in [0.29, 0.717) is 25.2 Å². The van der Waals surface area contributed by atoms with Crippen molar-refractivity contribution in [3.05, 3.63) is 46.0 Å². The lowest BCUT2D eigenvalue weighted by Gasteiger charge is -2.06. The topological polar surface area (TPSA) is 72.7 Å². The molecule has 0 bridgehead atoms. The third-order valence-electron chi connectivity index (χ3n) is 2.91. The zero-order chi connectivity index (χ0) is 14.5. The molecule has 0 unspecified atom stereocenters. The highest BCUT2D eigenvalue weighted by molar-refractivity contribution is 5.93. The Kier molecular flexibility index (Phi) is 4.47. The van der Waals surface area contributed by atoms with Crippen molar-refractivity contribution < 1.29 is 9.53 Å². The predicted molar refractivity (Wildman–Crippen MR) is 75.0 cm³/mol. The van der Waals surface area contributed by atoms with E-state index in [1.54, 1.807) is 19.4 Å². The van der Waals surface area contributed by atoms with Crippen molar-refractivity contribution in [3.8, 4) is 0 Å². The molecule has 0 radical (unpaired) electrons. The third-order valence-corrected chi connectivity index (χ3v) is 2.91. The van der Waals surface area contributed by atoms with E-state index in [9.17, 15) is 9.59 Å². The summed E-state index contributed by atoms with van der Waals surface area (Å²) in [5.41, 5.74) is 1.14. The van der Waals surface area contributed by atoms with Crippen LogP contribution in [0, 0.1) is 6.92 Å². The molecule has 6 heteroatoms. The quantitative estimate of drug-likeness (QED) is 0.818. The molecule has 2 aromatic heterocycles. The van der Waals surface area contributed by atoms with Crippen molar-refractivity contribution in [2.45, 2.75) is 13.3 Å². The Morgan fingerprint density at radius 3 is 3.00 bits per heavy atom. The van der Waals surface area contributed by atoms with Gasteiger partial charge in [0.25, 0.3) is 11.5 Å². The number of aromatic nitrogens is 2. The van der Waals surface area contributed by atoms with Crippen molar-refractivity contribution >= 4 is 11.6 Å². The van der Waals surface area contributed by atoms with Gasteiger partial charge in [0.1, 0.15) is 11.2 Å². The largest absolute Gasteiger partial charge is 0.385 e. The average Bonchev–Trinajstić information content (AvgIpc) is 2.44. The fourth-order valence-corrected chi connectivity index (χ4v) is 1.85. The van der Waals surface area contributed by atoms with Crippen LogP contribution in [0.25, 0.3) is 5.65 Å². The Hall–Kier alpha value is -2.21. The van der Waals surface area contributed by atoms with Gasteiger partial charge in [0.05, 0.1) is 0 Å². The molecule has 106 valence electrons. The Morgan fingerprint density at radius 1 is 1.45 bits per heavy atom. The summed E-state index contributed by atoms with van der Waals surface area (Å²) in [6.45, 7) is 2.90. The molecule has 0 aromatic carbocycles. The zero-order valence-corrected chi connectivity index (χ0v) is 11.5. The number of amides is 1. The summed E-state index contributed by atoms with van der Waals surface area (Å²) in [4.78, 5) is 28.3. The summed E-state index contributed by atoms with van der Waals surface area (Å²) in [5, 5.41) is 2.68. The highest BCUT2D eigenvalue weighted by atomic mass is 16.5. The predicted octanol–water partition coefficient (Wildman–Crippen LogP) is 0.769. The first-order valence-corrected chi connectivity index (χ1v) is 6.38. The molecule has 0 saturated carbocycles. The van der Waals surface area contributed by atoms with Gasteiger partial charge in [0, 0.05) is 32.7 Å². The monoisotopic (exact) mass is 275 g/mol. The van der Waals surface area contributed by atoms with Gasteiger partial charge in [-0.05, 0) is 25.0 Å². The molecule has 0 aliphatic rings. The molecular formula is C14H17N3O3. The molecule has 0 aliphatic carbocycles. The SMILES string of the molecule is COCCCNC(=O)c1cnc2ccc(C)cn2c1=O. The second-order valence-corrected chi connectivity index (χ2v) is 4.51. The van der Waals surface area contributed by atoms with Crippen LogP contribution < -0.4 is 10.9 Å². The van der Waals surface area contributed by atoms with Gasteiger partial charge in [0.15, 0.2) is 0 Å². The highest BCUT2D eigenvalue weighted by Gasteiger charge is 2.12. The molecule has 0 spiro atoms. The van der Waals surface area contributed by atoms with Crippen molar-refractivity contribution in [1.82, 2.24) is 14.7 Å². The first kappa shape index (κ1) is 14.2. The summed E-state index contributed by atoms with van der Waals surface area (Å²) in [5.74, 6) is -0.408. The summed E-state index contributed by atoms with van der Waals surface area (Å²) in [6, 6.07) is 3.61. The lowest BCUT2D eigenvalue weighted by molar-refractivity contribution is 0.0946. The molecule has 1 amide bonds. The number of nitrogens with one attached hydrogen (secondary N) is 1. The first-order chi connectivity index (χ1) is 9.63. The summed E-state index contributed by atoms with van der Waals surface area (Å²) >= 11 is 0. The number of aryl methyl sites for hydroxylation is 1. The van der Waals surface area contributed by atoms with Crippen LogP contribution in [0.1, 0.15) is 22.3 Å². The third kappa shape index (κ3) is 3.03. The fourth-order valence-electron chi connectivity index (χ4n) is 1.85. The van der Waals surface area contributed by atoms with E-state index in [0.717, 1.165) is 5.56 Å². The standard InChI is InChI=1S/C14H17N3O3/c1-10-4-5-12-16-8-11(14(19)17(12)9-10)13(18)15-6-3-7-20-2/h4-5,8-9H,3,6-7H2,1-2H3,(H,15,18). The average molecular weight is 275 g/mol. The normalized spacial score (nSPS) is 10.7. The van der Waals surface area contributed by atoms with E-state index < -0.39 is 5.91 Å². The Bertz CT molecular complexity index is 679. The Labute approximate surface area is 116 Å². The van der Waals surface area contributed by atoms with Gasteiger partial charge in [0.2, 0.25) is 0 Å². The number of rotatable bonds is 5. The van der Waals surface area contributed by atoms with Gasteiger partial charge in [-0.1, -0.05) is 6.07 Å². The molecule has 2 aromatic rings. The van der Waals surface area contributed by atoms with Gasteiger partial charge in [-0.3, -0.25) is 14.0 Å². The molecule has 2 rings (SSSR count). The molecule has 1 N–H and O–H groups in total. The maximum Gasteiger partial charge on any atom is 0.270 e. The maximum atomic E-state index is 12.2. The van der Waals surface area contributed by atoms with Crippen LogP contribution >= 0.6 is 0 Å². The molecule has 0 fully saturated rings. The fraction of sp³-hybridized carbons (Fsp3) is 0.357. The van der Waals surface area contributed by atoms with E-state index in [1.165, 1.54) is 10.6 Å². The van der Waals surface area contributed by atoms with Gasteiger partial charge in [-0.25, -0.2) is 4.98 Å². The molecule has 6 nitrogen and oxygen atoms in total. The number of carbonyl (C=O) groups excluding carboxylic acids is 1. The lowest BCUT2D eigenvalue weighted by atomic mass is 10.2. The minimum absolute atomic E-state index is 0.0468. The lowest BCUT2D eigenvalue weighted by Crippen LogP contribution is -2.32. The van der Waals surface area contributed by atoms with Crippen LogP contribution in [-0.2, 0) is 4.74 Å². The maximum absolute atomic E-state index is 12.2. The minimum Gasteiger partial charge on any atom is -0.385 e. The van der Waals surface area contributed by atoms with Crippen LogP contribution in [-0.4, -0.2) is 35.6 Å². The zero-order valence-electron chi connectivity index (χ0n) is 11.5. The smallest absolute Gasteiger partial charge is 0.270 e. The number of fused-ring (bicyclic) bond motifs is 1. The van der Waals surface area contributed by atoms with Gasteiger partial charge < -0.3 is 10.1 Å². The van der Waals surface area contributed by atoms with Gasteiger partial charge >= 0.3 is 0 Å². The minimum atomic E-state index is -0.408. The highest BCUT2D eigenvalue weighted by Crippen LogP contribution is 2.01. The molecule has 0 aliphatic heterocycles. The summed E-state index contributed by atoms with van der Waals surface area (Å²) in [7, 11) is 1.60. The number of ether oxygens (including phenoxy) is 1. The summed E-state index contributed by atoms with van der Waals surface area (Å²) < 4.78 is 6.28. The van der Waals surface area contributed by atoms with E-state index in [-0.39, 0.29) is 11.1 Å². The van der Waals surface area contributed by atoms with E-state index in [4.69, 9.17) is 4.74 Å². The van der Waals surface area contributed by atoms with E-state index in [2.05, 4.69) is 10.3 Å². The van der Waals surface area contributed by atoms with E-state index in [1.807, 2.05) is 13.0 Å². The first-order valence-electron chi connectivity index (χ1n) is 6.38. The van der Waals surface area contributed by atoms with Crippen LogP contribution in [0.4, 0.5) is 0 Å².